The van der Waals surface area contributed by atoms with E-state index in [9.17, 15) is 0 Å². The number of hydrogen-bond acceptors (Lipinski definition) is 5. The number of nitrogens with one attached hydrogen (secondary N) is 2. The van der Waals surface area contributed by atoms with Gasteiger partial charge < -0.3 is 5.32 Å². The van der Waals surface area contributed by atoms with E-state index in [2.05, 4.69) is 20.6 Å². The van der Waals surface area contributed by atoms with Crippen LogP contribution in [0.4, 0.5) is 0 Å². The fourth-order valence-corrected chi connectivity index (χ4v) is 2.53. The molecule has 0 spiro atoms. The summed E-state index contributed by atoms with van der Waals surface area (Å²) in [5.74, 6) is 2.46. The van der Waals surface area contributed by atoms with Crippen LogP contribution >= 0.6 is 23.1 Å². The highest BCUT2D eigenvalue weighted by molar-refractivity contribution is 7.98. The average Bonchev–Trinajstić information content (AvgIpc) is 2.80. The third kappa shape index (κ3) is 5.00. The second kappa shape index (κ2) is 7.96. The fourth-order valence-electron chi connectivity index (χ4n) is 0.960. The third-order valence-corrected chi connectivity index (χ3v) is 3.63. The van der Waals surface area contributed by atoms with E-state index < -0.39 is 0 Å². The van der Waals surface area contributed by atoms with Crippen molar-refractivity contribution in [2.75, 3.05) is 19.3 Å². The van der Waals surface area contributed by atoms with Gasteiger partial charge >= 0.3 is 0 Å². The molecule has 1 rings (SSSR count). The molecule has 0 atom stereocenters. The van der Waals surface area contributed by atoms with Crippen LogP contribution in [0.25, 0.3) is 0 Å². The van der Waals surface area contributed by atoms with Crippen LogP contribution in [0.1, 0.15) is 4.88 Å². The lowest BCUT2D eigenvalue weighted by atomic mass is 10.6. The molecule has 86 valence electrons. The third-order valence-electron chi connectivity index (χ3n) is 1.66. The minimum absolute atomic E-state index is 0.515. The van der Waals surface area contributed by atoms with Gasteiger partial charge in [-0.05, 0) is 0 Å². The summed E-state index contributed by atoms with van der Waals surface area (Å²) in [6.07, 6.45) is 3.72. The van der Waals surface area contributed by atoms with Crippen molar-refractivity contribution in [2.24, 2.45) is 4.99 Å². The van der Waals surface area contributed by atoms with Crippen molar-refractivity contribution in [3.63, 3.8) is 0 Å². The Kier molecular flexibility index (Phi) is 6.37. The van der Waals surface area contributed by atoms with Gasteiger partial charge in [0.25, 0.3) is 0 Å². The van der Waals surface area contributed by atoms with Crippen LogP contribution in [0.15, 0.2) is 16.7 Å². The standard InChI is InChI=1S/C9H13N5S2/c1-11-9(14-6-10)13-2-3-15-5-8-4-12-7-16-8/h4,7H,2-3,5H2,1H3,(H2,11,13,14). The second-order valence-electron chi connectivity index (χ2n) is 2.76. The van der Waals surface area contributed by atoms with E-state index in [1.807, 2.05) is 29.7 Å². The molecule has 0 fully saturated rings. The molecule has 0 radical (unpaired) electrons. The van der Waals surface area contributed by atoms with Crippen molar-refractivity contribution in [3.8, 4) is 6.19 Å². The molecule has 5 nitrogen and oxygen atoms in total. The maximum absolute atomic E-state index is 8.40. The van der Waals surface area contributed by atoms with Gasteiger partial charge in [0.1, 0.15) is 0 Å². The van der Waals surface area contributed by atoms with Gasteiger partial charge in [-0.2, -0.15) is 17.0 Å². The van der Waals surface area contributed by atoms with Crippen LogP contribution in [-0.4, -0.2) is 30.3 Å². The fraction of sp³-hybridized carbons (Fsp3) is 0.444. The summed E-state index contributed by atoms with van der Waals surface area (Å²) >= 11 is 3.49. The van der Waals surface area contributed by atoms with Crippen LogP contribution in [-0.2, 0) is 5.75 Å². The van der Waals surface area contributed by atoms with Crippen LogP contribution in [0.5, 0.6) is 0 Å². The Morgan fingerprint density at radius 1 is 1.75 bits per heavy atom. The zero-order valence-corrected chi connectivity index (χ0v) is 10.6. The van der Waals surface area contributed by atoms with Crippen molar-refractivity contribution in [1.29, 1.82) is 5.26 Å². The molecule has 16 heavy (non-hydrogen) atoms. The summed E-state index contributed by atoms with van der Waals surface area (Å²) < 4.78 is 0. The van der Waals surface area contributed by atoms with Crippen LogP contribution in [0.3, 0.4) is 0 Å². The Morgan fingerprint density at radius 2 is 2.62 bits per heavy atom. The Hall–Kier alpha value is -1.26. The minimum Gasteiger partial charge on any atom is -0.355 e. The van der Waals surface area contributed by atoms with Gasteiger partial charge in [-0.25, -0.2) is 0 Å². The van der Waals surface area contributed by atoms with Crippen molar-refractivity contribution < 1.29 is 0 Å². The number of guanidine groups is 1. The van der Waals surface area contributed by atoms with E-state index in [0.29, 0.717) is 5.96 Å². The molecule has 2 N–H and O–H groups in total. The zero-order chi connectivity index (χ0) is 11.6. The Morgan fingerprint density at radius 3 is 3.25 bits per heavy atom. The molecule has 0 aliphatic rings. The quantitative estimate of drug-likeness (QED) is 0.270. The predicted octanol–water partition coefficient (Wildman–Crippen LogP) is 1.02. The lowest BCUT2D eigenvalue weighted by Crippen LogP contribution is -2.35. The molecule has 0 unspecified atom stereocenters. The number of thiazole rings is 1. The van der Waals surface area contributed by atoms with E-state index in [1.54, 1.807) is 18.4 Å². The monoisotopic (exact) mass is 255 g/mol. The van der Waals surface area contributed by atoms with Crippen molar-refractivity contribution in [3.05, 3.63) is 16.6 Å². The topological polar surface area (TPSA) is 73.1 Å². The minimum atomic E-state index is 0.515. The summed E-state index contributed by atoms with van der Waals surface area (Å²) in [6, 6.07) is 0. The number of aromatic nitrogens is 1. The van der Waals surface area contributed by atoms with E-state index in [0.717, 1.165) is 18.1 Å². The summed E-state index contributed by atoms with van der Waals surface area (Å²) in [4.78, 5) is 9.17. The molecule has 0 aromatic carbocycles. The summed E-state index contributed by atoms with van der Waals surface area (Å²) in [7, 11) is 1.64. The average molecular weight is 255 g/mol. The van der Waals surface area contributed by atoms with Gasteiger partial charge in [-0.3, -0.25) is 15.3 Å². The summed E-state index contributed by atoms with van der Waals surface area (Å²) in [5.41, 5.74) is 1.84. The Bertz CT molecular complexity index is 354. The zero-order valence-electron chi connectivity index (χ0n) is 8.93. The van der Waals surface area contributed by atoms with E-state index in [1.165, 1.54) is 4.88 Å². The number of aliphatic imine (C=N–C) groups is 1. The molecule has 1 aromatic heterocycles. The summed E-state index contributed by atoms with van der Waals surface area (Å²) in [6.45, 7) is 0.783. The lowest BCUT2D eigenvalue weighted by Gasteiger charge is -2.05. The highest BCUT2D eigenvalue weighted by Crippen LogP contribution is 2.14. The number of nitrogens with zero attached hydrogens (tertiary/aromatic N) is 3. The maximum Gasteiger partial charge on any atom is 0.204 e. The first-order valence-corrected chi connectivity index (χ1v) is 6.71. The van der Waals surface area contributed by atoms with Crippen LogP contribution in [0.2, 0.25) is 0 Å². The van der Waals surface area contributed by atoms with Gasteiger partial charge in [0, 0.05) is 36.2 Å². The first-order chi connectivity index (χ1) is 7.86. The molecule has 0 bridgehead atoms. The van der Waals surface area contributed by atoms with E-state index >= 15 is 0 Å². The molecule has 0 saturated carbocycles. The Labute approximate surface area is 103 Å². The maximum atomic E-state index is 8.40. The van der Waals surface area contributed by atoms with Crippen molar-refractivity contribution in [2.45, 2.75) is 5.75 Å². The largest absolute Gasteiger partial charge is 0.355 e. The second-order valence-corrected chi connectivity index (χ2v) is 4.83. The Balaban J connectivity index is 2.06. The lowest BCUT2D eigenvalue weighted by molar-refractivity contribution is 0.931. The summed E-state index contributed by atoms with van der Waals surface area (Å²) in [5, 5.41) is 13.9. The first-order valence-electron chi connectivity index (χ1n) is 4.67. The van der Waals surface area contributed by atoms with E-state index in [-0.39, 0.29) is 0 Å². The molecule has 7 heteroatoms. The van der Waals surface area contributed by atoms with Crippen molar-refractivity contribution >= 4 is 29.1 Å². The SMILES string of the molecule is CN=C(NC#N)NCCSCc1cncs1. The molecule has 1 heterocycles. The predicted molar refractivity (Wildman–Crippen MR) is 68.4 cm³/mol. The molecular formula is C9H13N5S2. The van der Waals surface area contributed by atoms with Gasteiger partial charge in [0.05, 0.1) is 5.51 Å². The molecule has 0 saturated heterocycles. The van der Waals surface area contributed by atoms with Crippen LogP contribution in [0, 0.1) is 11.5 Å². The van der Waals surface area contributed by atoms with Gasteiger partial charge in [-0.1, -0.05) is 0 Å². The molecule has 0 amide bonds. The number of hydrogen-bond donors (Lipinski definition) is 2. The van der Waals surface area contributed by atoms with E-state index in [4.69, 9.17) is 5.26 Å². The normalized spacial score (nSPS) is 10.9. The van der Waals surface area contributed by atoms with Gasteiger partial charge in [0.15, 0.2) is 6.19 Å². The molecule has 0 aliphatic heterocycles. The molecule has 1 aromatic rings. The number of nitriles is 1. The number of thioether (sulfide) groups is 1. The highest BCUT2D eigenvalue weighted by atomic mass is 32.2. The molecule has 0 aliphatic carbocycles. The van der Waals surface area contributed by atoms with Gasteiger partial charge in [-0.15, -0.1) is 11.3 Å². The van der Waals surface area contributed by atoms with Crippen LogP contribution < -0.4 is 10.6 Å². The van der Waals surface area contributed by atoms with Crippen molar-refractivity contribution in [1.82, 2.24) is 15.6 Å². The smallest absolute Gasteiger partial charge is 0.204 e. The highest BCUT2D eigenvalue weighted by Gasteiger charge is 1.97. The number of rotatable bonds is 5. The first kappa shape index (κ1) is 12.8. The molecular weight excluding hydrogens is 242 g/mol. The van der Waals surface area contributed by atoms with Gasteiger partial charge in [0.2, 0.25) is 5.96 Å².